The molecule has 1 heterocycles. The zero-order valence-corrected chi connectivity index (χ0v) is 18.7. The zero-order chi connectivity index (χ0) is 22.5. The average molecular weight is 485 g/mol. The normalized spacial score (nSPS) is 14.5. The molecule has 0 saturated carbocycles. The van der Waals surface area contributed by atoms with Crippen LogP contribution >= 0.6 is 15.9 Å². The molecule has 31 heavy (non-hydrogen) atoms. The van der Waals surface area contributed by atoms with Gasteiger partial charge in [-0.2, -0.15) is 10.1 Å². The first kappa shape index (κ1) is 22.3. The van der Waals surface area contributed by atoms with Gasteiger partial charge in [-0.25, -0.2) is 4.79 Å². The zero-order valence-electron chi connectivity index (χ0n) is 17.1. The standard InChI is InChI=1S/C23H21BrN2O5/c1-4-10-31-21-13-19(24)16(12-20(21)30-5-2)11-18-14(3)25-26(22(18)27)17-8-6-15(7-9-17)23(28)29/h4,6-9,11-13H,1,5,10H2,2-3H3,(H,28,29)/b18-11+. The van der Waals surface area contributed by atoms with Crippen LogP contribution in [-0.2, 0) is 4.79 Å². The fourth-order valence-corrected chi connectivity index (χ4v) is 3.39. The number of ether oxygens (including phenoxy) is 2. The maximum absolute atomic E-state index is 13.0. The van der Waals surface area contributed by atoms with Crippen molar-refractivity contribution in [2.45, 2.75) is 13.8 Å². The maximum atomic E-state index is 13.0. The second kappa shape index (κ2) is 9.61. The summed E-state index contributed by atoms with van der Waals surface area (Å²) in [7, 11) is 0. The lowest BCUT2D eigenvalue weighted by atomic mass is 10.1. The summed E-state index contributed by atoms with van der Waals surface area (Å²) < 4.78 is 12.1. The van der Waals surface area contributed by atoms with Crippen molar-refractivity contribution in [3.8, 4) is 11.5 Å². The van der Waals surface area contributed by atoms with Gasteiger partial charge in [0.1, 0.15) is 6.61 Å². The Labute approximate surface area is 188 Å². The molecule has 1 amide bonds. The summed E-state index contributed by atoms with van der Waals surface area (Å²) in [6.45, 7) is 8.07. The quantitative estimate of drug-likeness (QED) is 0.424. The van der Waals surface area contributed by atoms with Gasteiger partial charge >= 0.3 is 5.97 Å². The van der Waals surface area contributed by atoms with E-state index in [4.69, 9.17) is 14.6 Å². The number of nitrogens with zero attached hydrogens (tertiary/aromatic N) is 2. The fourth-order valence-electron chi connectivity index (χ4n) is 2.95. The molecule has 2 aromatic rings. The van der Waals surface area contributed by atoms with E-state index >= 15 is 0 Å². The van der Waals surface area contributed by atoms with Crippen LogP contribution in [0.2, 0.25) is 0 Å². The van der Waals surface area contributed by atoms with Gasteiger partial charge in [0.25, 0.3) is 5.91 Å². The topological polar surface area (TPSA) is 88.4 Å². The van der Waals surface area contributed by atoms with Gasteiger partial charge in [-0.1, -0.05) is 28.6 Å². The number of rotatable bonds is 8. The largest absolute Gasteiger partial charge is 0.490 e. The average Bonchev–Trinajstić information content (AvgIpc) is 3.03. The van der Waals surface area contributed by atoms with Crippen LogP contribution in [0.4, 0.5) is 5.69 Å². The van der Waals surface area contributed by atoms with E-state index in [1.165, 1.54) is 17.1 Å². The number of amides is 1. The van der Waals surface area contributed by atoms with E-state index < -0.39 is 5.97 Å². The maximum Gasteiger partial charge on any atom is 0.335 e. The van der Waals surface area contributed by atoms with Crippen molar-refractivity contribution in [1.29, 1.82) is 0 Å². The number of hydrogen-bond acceptors (Lipinski definition) is 5. The summed E-state index contributed by atoms with van der Waals surface area (Å²) >= 11 is 3.53. The van der Waals surface area contributed by atoms with Crippen molar-refractivity contribution >= 4 is 45.3 Å². The number of halogens is 1. The molecule has 0 atom stereocenters. The van der Waals surface area contributed by atoms with Crippen molar-refractivity contribution in [3.05, 3.63) is 70.2 Å². The first-order valence-electron chi connectivity index (χ1n) is 9.50. The summed E-state index contributed by atoms with van der Waals surface area (Å²) in [5, 5.41) is 14.6. The lowest BCUT2D eigenvalue weighted by Gasteiger charge is -2.14. The summed E-state index contributed by atoms with van der Waals surface area (Å²) in [6.07, 6.45) is 3.38. The molecule has 1 aliphatic heterocycles. The van der Waals surface area contributed by atoms with Crippen LogP contribution in [0, 0.1) is 0 Å². The highest BCUT2D eigenvalue weighted by Gasteiger charge is 2.29. The number of anilines is 1. The molecular formula is C23H21BrN2O5. The smallest absolute Gasteiger partial charge is 0.335 e. The van der Waals surface area contributed by atoms with E-state index in [2.05, 4.69) is 27.6 Å². The van der Waals surface area contributed by atoms with Gasteiger partial charge in [0.05, 0.1) is 29.1 Å². The van der Waals surface area contributed by atoms with E-state index in [0.717, 1.165) is 10.0 Å². The third kappa shape index (κ3) is 4.86. The monoisotopic (exact) mass is 484 g/mol. The molecule has 0 aromatic heterocycles. The lowest BCUT2D eigenvalue weighted by molar-refractivity contribution is -0.114. The number of hydrazone groups is 1. The van der Waals surface area contributed by atoms with Crippen LogP contribution < -0.4 is 14.5 Å². The Bertz CT molecular complexity index is 1090. The number of carboxylic acid groups (broad SMARTS) is 1. The SMILES string of the molecule is C=CCOc1cc(Br)c(/C=C2/C(=O)N(c3ccc(C(=O)O)cc3)N=C2C)cc1OCC. The molecule has 1 aliphatic rings. The van der Waals surface area contributed by atoms with Gasteiger partial charge in [-0.15, -0.1) is 0 Å². The molecule has 0 fully saturated rings. The fraction of sp³-hybridized carbons (Fsp3) is 0.174. The van der Waals surface area contributed by atoms with Crippen molar-refractivity contribution in [1.82, 2.24) is 0 Å². The van der Waals surface area contributed by atoms with Crippen molar-refractivity contribution in [2.75, 3.05) is 18.2 Å². The summed E-state index contributed by atoms with van der Waals surface area (Å²) in [5.41, 5.74) is 2.32. The Morgan fingerprint density at radius 2 is 1.90 bits per heavy atom. The first-order chi connectivity index (χ1) is 14.8. The molecule has 0 bridgehead atoms. The Hall–Kier alpha value is -3.39. The molecule has 8 heteroatoms. The Morgan fingerprint density at radius 1 is 1.23 bits per heavy atom. The van der Waals surface area contributed by atoms with E-state index in [-0.39, 0.29) is 11.5 Å². The van der Waals surface area contributed by atoms with Crippen LogP contribution in [0.3, 0.4) is 0 Å². The van der Waals surface area contributed by atoms with Gasteiger partial charge in [0.2, 0.25) is 0 Å². The van der Waals surface area contributed by atoms with Crippen molar-refractivity contribution in [3.63, 3.8) is 0 Å². The second-order valence-corrected chi connectivity index (χ2v) is 7.42. The number of carbonyl (C=O) groups is 2. The highest BCUT2D eigenvalue weighted by molar-refractivity contribution is 9.10. The molecule has 160 valence electrons. The predicted molar refractivity (Wildman–Crippen MR) is 123 cm³/mol. The number of hydrogen-bond donors (Lipinski definition) is 1. The highest BCUT2D eigenvalue weighted by Crippen LogP contribution is 2.36. The molecule has 7 nitrogen and oxygen atoms in total. The van der Waals surface area contributed by atoms with Gasteiger partial charge in [-0.3, -0.25) is 4.79 Å². The number of aromatic carboxylic acids is 1. The van der Waals surface area contributed by atoms with Crippen LogP contribution in [-0.4, -0.2) is 35.9 Å². The van der Waals surface area contributed by atoms with Gasteiger partial charge < -0.3 is 14.6 Å². The minimum Gasteiger partial charge on any atom is -0.490 e. The molecule has 0 saturated heterocycles. The van der Waals surface area contributed by atoms with Crippen molar-refractivity contribution in [2.24, 2.45) is 5.10 Å². The number of benzene rings is 2. The molecular weight excluding hydrogens is 464 g/mol. The Morgan fingerprint density at radius 3 is 2.52 bits per heavy atom. The third-order valence-corrected chi connectivity index (χ3v) is 5.13. The van der Waals surface area contributed by atoms with Crippen LogP contribution in [0.25, 0.3) is 6.08 Å². The van der Waals surface area contributed by atoms with E-state index in [1.807, 2.05) is 6.92 Å². The molecule has 0 unspecified atom stereocenters. The molecule has 1 N–H and O–H groups in total. The molecule has 0 aliphatic carbocycles. The minimum atomic E-state index is -1.03. The predicted octanol–water partition coefficient (Wildman–Crippen LogP) is 4.92. The second-order valence-electron chi connectivity index (χ2n) is 6.57. The summed E-state index contributed by atoms with van der Waals surface area (Å²) in [6, 6.07) is 9.56. The van der Waals surface area contributed by atoms with Crippen LogP contribution in [0.15, 0.2) is 64.2 Å². The van der Waals surface area contributed by atoms with Crippen LogP contribution in [0.1, 0.15) is 29.8 Å². The minimum absolute atomic E-state index is 0.137. The molecule has 0 spiro atoms. The molecule has 3 rings (SSSR count). The Kier molecular flexibility index (Phi) is 6.91. The molecule has 0 radical (unpaired) electrons. The summed E-state index contributed by atoms with van der Waals surface area (Å²) in [5.74, 6) is -0.216. The van der Waals surface area contributed by atoms with E-state index in [1.54, 1.807) is 43.3 Å². The first-order valence-corrected chi connectivity index (χ1v) is 10.3. The highest BCUT2D eigenvalue weighted by atomic mass is 79.9. The number of carbonyl (C=O) groups excluding carboxylic acids is 1. The van der Waals surface area contributed by atoms with E-state index in [0.29, 0.717) is 41.7 Å². The summed E-state index contributed by atoms with van der Waals surface area (Å²) in [4.78, 5) is 24.1. The Balaban J connectivity index is 1.93. The van der Waals surface area contributed by atoms with Gasteiger partial charge in [-0.05, 0) is 61.9 Å². The third-order valence-electron chi connectivity index (χ3n) is 4.44. The van der Waals surface area contributed by atoms with E-state index in [9.17, 15) is 9.59 Å². The van der Waals surface area contributed by atoms with Crippen LogP contribution in [0.5, 0.6) is 11.5 Å². The number of carboxylic acids is 1. The van der Waals surface area contributed by atoms with Gasteiger partial charge in [0.15, 0.2) is 11.5 Å². The van der Waals surface area contributed by atoms with Crippen molar-refractivity contribution < 1.29 is 24.2 Å². The van der Waals surface area contributed by atoms with Gasteiger partial charge in [0, 0.05) is 4.47 Å². The molecule has 2 aromatic carbocycles. The lowest BCUT2D eigenvalue weighted by Crippen LogP contribution is -2.21.